The molecule has 52 valence electrons. The zero-order valence-corrected chi connectivity index (χ0v) is 5.20. The molecule has 4 nitrogen and oxygen atoms in total. The standard InChI is InChI=1S/C5H9NO3/c1-6-4(2-7)3-9-5(6)8/h4,7H,2-3H2,1H3. The number of aliphatic hydroxyl groups is 1. The van der Waals surface area contributed by atoms with E-state index >= 15 is 0 Å². The lowest BCUT2D eigenvalue weighted by molar-refractivity contribution is 0.162. The average molecular weight is 131 g/mol. The molecule has 0 aliphatic carbocycles. The van der Waals surface area contributed by atoms with Crippen molar-refractivity contribution in [1.82, 2.24) is 4.90 Å². The fraction of sp³-hybridized carbons (Fsp3) is 0.800. The zero-order valence-electron chi connectivity index (χ0n) is 5.20. The number of aliphatic hydroxyl groups excluding tert-OH is 1. The minimum absolute atomic E-state index is 0.0256. The van der Waals surface area contributed by atoms with Crippen molar-refractivity contribution in [2.75, 3.05) is 20.3 Å². The van der Waals surface area contributed by atoms with Gasteiger partial charge in [-0.25, -0.2) is 4.79 Å². The van der Waals surface area contributed by atoms with Gasteiger partial charge >= 0.3 is 6.09 Å². The van der Waals surface area contributed by atoms with Gasteiger partial charge in [0.2, 0.25) is 0 Å². The third-order valence-corrected chi connectivity index (χ3v) is 1.45. The van der Waals surface area contributed by atoms with Crippen molar-refractivity contribution in [3.05, 3.63) is 0 Å². The molecular formula is C5H9NO3. The van der Waals surface area contributed by atoms with Crippen LogP contribution in [-0.2, 0) is 4.74 Å². The van der Waals surface area contributed by atoms with Crippen molar-refractivity contribution < 1.29 is 14.6 Å². The Balaban J connectivity index is 2.51. The van der Waals surface area contributed by atoms with Crippen LogP contribution in [0.1, 0.15) is 0 Å². The van der Waals surface area contributed by atoms with Crippen LogP contribution in [-0.4, -0.2) is 42.4 Å². The molecule has 0 radical (unpaired) electrons. The summed E-state index contributed by atoms with van der Waals surface area (Å²) in [7, 11) is 1.61. The molecule has 1 saturated heterocycles. The van der Waals surface area contributed by atoms with Gasteiger partial charge in [-0.1, -0.05) is 0 Å². The Hall–Kier alpha value is -0.770. The Labute approximate surface area is 53.0 Å². The normalized spacial score (nSPS) is 26.7. The van der Waals surface area contributed by atoms with Gasteiger partial charge in [0.05, 0.1) is 12.6 Å². The van der Waals surface area contributed by atoms with E-state index < -0.39 is 0 Å². The summed E-state index contributed by atoms with van der Waals surface area (Å²) >= 11 is 0. The Morgan fingerprint density at radius 3 is 2.89 bits per heavy atom. The van der Waals surface area contributed by atoms with E-state index in [0.717, 1.165) is 0 Å². The van der Waals surface area contributed by atoms with Crippen molar-refractivity contribution in [2.24, 2.45) is 0 Å². The number of hydrogen-bond donors (Lipinski definition) is 1. The second-order valence-corrected chi connectivity index (χ2v) is 2.02. The fourth-order valence-electron chi connectivity index (χ4n) is 0.705. The third-order valence-electron chi connectivity index (χ3n) is 1.45. The predicted molar refractivity (Wildman–Crippen MR) is 30.0 cm³/mol. The first-order valence-electron chi connectivity index (χ1n) is 2.76. The highest BCUT2D eigenvalue weighted by Crippen LogP contribution is 2.07. The van der Waals surface area contributed by atoms with E-state index in [-0.39, 0.29) is 18.7 Å². The van der Waals surface area contributed by atoms with Crippen LogP contribution in [0.25, 0.3) is 0 Å². The van der Waals surface area contributed by atoms with Gasteiger partial charge in [0.1, 0.15) is 6.61 Å². The number of hydrogen-bond acceptors (Lipinski definition) is 3. The van der Waals surface area contributed by atoms with Gasteiger partial charge in [0, 0.05) is 7.05 Å². The Bertz CT molecular complexity index is 125. The summed E-state index contributed by atoms with van der Waals surface area (Å²) in [4.78, 5) is 11.9. The molecule has 4 heteroatoms. The van der Waals surface area contributed by atoms with Crippen molar-refractivity contribution in [3.63, 3.8) is 0 Å². The van der Waals surface area contributed by atoms with Crippen LogP contribution in [0.4, 0.5) is 4.79 Å². The number of rotatable bonds is 1. The number of carbonyl (C=O) groups excluding carboxylic acids is 1. The SMILES string of the molecule is CN1C(=O)OCC1CO. The molecule has 0 aromatic carbocycles. The zero-order chi connectivity index (χ0) is 6.85. The molecule has 1 unspecified atom stereocenters. The molecule has 1 rings (SSSR count). The quantitative estimate of drug-likeness (QED) is 0.518. The van der Waals surface area contributed by atoms with E-state index in [1.807, 2.05) is 0 Å². The molecule has 0 bridgehead atoms. The topological polar surface area (TPSA) is 49.8 Å². The maximum Gasteiger partial charge on any atom is 0.410 e. The second-order valence-electron chi connectivity index (χ2n) is 2.02. The molecule has 1 amide bonds. The fourth-order valence-corrected chi connectivity index (χ4v) is 0.705. The summed E-state index contributed by atoms with van der Waals surface area (Å²) < 4.78 is 4.60. The largest absolute Gasteiger partial charge is 0.447 e. The number of nitrogens with zero attached hydrogens (tertiary/aromatic N) is 1. The monoisotopic (exact) mass is 131 g/mol. The van der Waals surface area contributed by atoms with Crippen LogP contribution in [0.2, 0.25) is 0 Å². The predicted octanol–water partition coefficient (Wildman–Crippen LogP) is -0.571. The van der Waals surface area contributed by atoms with E-state index in [4.69, 9.17) is 5.11 Å². The summed E-state index contributed by atoms with van der Waals surface area (Å²) in [6.07, 6.45) is -0.353. The number of carbonyl (C=O) groups is 1. The first kappa shape index (κ1) is 6.35. The van der Waals surface area contributed by atoms with E-state index in [2.05, 4.69) is 4.74 Å². The summed E-state index contributed by atoms with van der Waals surface area (Å²) in [5.41, 5.74) is 0. The molecule has 0 saturated carbocycles. The van der Waals surface area contributed by atoms with Crippen LogP contribution in [0.15, 0.2) is 0 Å². The molecule has 0 aromatic rings. The highest BCUT2D eigenvalue weighted by Gasteiger charge is 2.28. The molecule has 1 aliphatic rings. The summed E-state index contributed by atoms with van der Waals surface area (Å²) in [6, 6.07) is -0.141. The van der Waals surface area contributed by atoms with Gasteiger partial charge in [-0.3, -0.25) is 0 Å². The molecule has 1 fully saturated rings. The van der Waals surface area contributed by atoms with Gasteiger partial charge < -0.3 is 14.7 Å². The third kappa shape index (κ3) is 0.977. The molecule has 1 atom stereocenters. The lowest BCUT2D eigenvalue weighted by Gasteiger charge is -2.11. The highest BCUT2D eigenvalue weighted by molar-refractivity contribution is 5.69. The molecular weight excluding hydrogens is 122 g/mol. The summed E-state index contributed by atoms with van der Waals surface area (Å²) in [5, 5.41) is 8.58. The van der Waals surface area contributed by atoms with Crippen LogP contribution >= 0.6 is 0 Å². The average Bonchev–Trinajstić information content (AvgIpc) is 2.15. The van der Waals surface area contributed by atoms with Crippen molar-refractivity contribution in [1.29, 1.82) is 0 Å². The van der Waals surface area contributed by atoms with Crippen LogP contribution in [0.5, 0.6) is 0 Å². The molecule has 1 heterocycles. The first-order valence-corrected chi connectivity index (χ1v) is 2.76. The summed E-state index contributed by atoms with van der Waals surface area (Å²) in [5.74, 6) is 0. The van der Waals surface area contributed by atoms with E-state index in [1.54, 1.807) is 7.05 Å². The van der Waals surface area contributed by atoms with E-state index in [1.165, 1.54) is 4.90 Å². The van der Waals surface area contributed by atoms with E-state index in [9.17, 15) is 4.79 Å². The van der Waals surface area contributed by atoms with Crippen molar-refractivity contribution in [2.45, 2.75) is 6.04 Å². The lowest BCUT2D eigenvalue weighted by Crippen LogP contribution is -2.31. The van der Waals surface area contributed by atoms with Crippen molar-refractivity contribution >= 4 is 6.09 Å². The maximum atomic E-state index is 10.5. The molecule has 1 aliphatic heterocycles. The van der Waals surface area contributed by atoms with Crippen LogP contribution in [0.3, 0.4) is 0 Å². The smallest absolute Gasteiger partial charge is 0.410 e. The lowest BCUT2D eigenvalue weighted by atomic mass is 10.3. The highest BCUT2D eigenvalue weighted by atomic mass is 16.6. The second kappa shape index (κ2) is 2.23. The number of likely N-dealkylation sites (N-methyl/N-ethyl adjacent to an activating group) is 1. The number of ether oxygens (including phenoxy) is 1. The van der Waals surface area contributed by atoms with Gasteiger partial charge in [-0.2, -0.15) is 0 Å². The van der Waals surface area contributed by atoms with Crippen molar-refractivity contribution in [3.8, 4) is 0 Å². The molecule has 9 heavy (non-hydrogen) atoms. The van der Waals surface area contributed by atoms with E-state index in [0.29, 0.717) is 6.61 Å². The van der Waals surface area contributed by atoms with Gasteiger partial charge in [0.25, 0.3) is 0 Å². The Morgan fingerprint density at radius 2 is 2.67 bits per heavy atom. The first-order chi connectivity index (χ1) is 4.25. The molecule has 0 spiro atoms. The van der Waals surface area contributed by atoms with Crippen LogP contribution in [0, 0.1) is 0 Å². The minimum Gasteiger partial charge on any atom is -0.447 e. The summed E-state index contributed by atoms with van der Waals surface area (Å²) in [6.45, 7) is 0.286. The van der Waals surface area contributed by atoms with Gasteiger partial charge in [-0.15, -0.1) is 0 Å². The Kier molecular flexibility index (Phi) is 1.57. The molecule has 1 N–H and O–H groups in total. The van der Waals surface area contributed by atoms with Crippen LogP contribution < -0.4 is 0 Å². The maximum absolute atomic E-state index is 10.5. The number of amides is 1. The Morgan fingerprint density at radius 1 is 2.00 bits per heavy atom. The minimum atomic E-state index is -0.353. The van der Waals surface area contributed by atoms with Gasteiger partial charge in [-0.05, 0) is 0 Å². The molecule has 0 aromatic heterocycles. The van der Waals surface area contributed by atoms with Gasteiger partial charge in [0.15, 0.2) is 0 Å². The number of cyclic esters (lactones) is 1.